The first-order valence-corrected chi connectivity index (χ1v) is 29.2. The monoisotopic (exact) mass is 1040 g/mol. The summed E-state index contributed by atoms with van der Waals surface area (Å²) in [6.07, 6.45) is 0. The summed E-state index contributed by atoms with van der Waals surface area (Å²) in [7, 11) is 0. The summed E-state index contributed by atoms with van der Waals surface area (Å²) >= 11 is 0. The van der Waals surface area contributed by atoms with Gasteiger partial charge in [-0.05, 0) is 207 Å². The molecule has 0 bridgehead atoms. The fourth-order valence-electron chi connectivity index (χ4n) is 14.9. The second kappa shape index (κ2) is 17.1. The Labute approximate surface area is 479 Å². The summed E-state index contributed by atoms with van der Waals surface area (Å²) in [6, 6.07) is 88.9. The first kappa shape index (κ1) is 49.3. The number of anilines is 6. The number of benzene rings is 11. The predicted molar refractivity (Wildman–Crippen MR) is 342 cm³/mol. The highest BCUT2D eigenvalue weighted by atomic mass is 15.1. The quantitative estimate of drug-likeness (QED) is 0.164. The largest absolute Gasteiger partial charge is 0.310 e. The van der Waals surface area contributed by atoms with E-state index in [9.17, 15) is 0 Å². The summed E-state index contributed by atoms with van der Waals surface area (Å²) in [5, 5.41) is 2.44. The lowest BCUT2D eigenvalue weighted by Crippen LogP contribution is -2.26. The van der Waals surface area contributed by atoms with Crippen molar-refractivity contribution in [1.82, 2.24) is 0 Å². The number of fused-ring (bicyclic) bond motifs is 17. The molecule has 0 amide bonds. The second-order valence-electron chi connectivity index (χ2n) is 26.6. The van der Waals surface area contributed by atoms with Crippen LogP contribution in [0.15, 0.2) is 231 Å². The molecule has 0 saturated heterocycles. The van der Waals surface area contributed by atoms with Crippen LogP contribution in [0, 0.1) is 0 Å². The minimum absolute atomic E-state index is 0.0218. The van der Waals surface area contributed by atoms with E-state index >= 15 is 0 Å². The molecule has 11 aromatic rings. The van der Waals surface area contributed by atoms with Crippen LogP contribution in [-0.2, 0) is 27.1 Å². The summed E-state index contributed by atoms with van der Waals surface area (Å²) < 4.78 is 0. The van der Waals surface area contributed by atoms with Crippen molar-refractivity contribution in [3.63, 3.8) is 0 Å². The molecule has 4 aliphatic rings. The van der Waals surface area contributed by atoms with Crippen molar-refractivity contribution in [2.75, 3.05) is 9.80 Å². The number of rotatable bonds is 6. The van der Waals surface area contributed by atoms with Gasteiger partial charge >= 0.3 is 0 Å². The van der Waals surface area contributed by atoms with Gasteiger partial charge in [-0.1, -0.05) is 215 Å². The maximum Gasteiger partial charge on any atom is 0.0726 e. The van der Waals surface area contributed by atoms with E-state index in [0.717, 1.165) is 34.1 Å². The highest BCUT2D eigenvalue weighted by Gasteiger charge is 2.52. The average molecular weight is 1050 g/mol. The zero-order valence-corrected chi connectivity index (χ0v) is 48.3. The SMILES string of the molecule is CC(C)(C)c1ccc(N(c2ccc3c(c2)C(C)(C)c2ccccc2-3)c2ccc3c(c2)C2(c4ccccc4-c4ccccc42)c2cc4cc(N(c5ccc(C(C)(C)C)cc5)c5ccc6c(c5)C(C)(C)c5ccccc5-6)ccc4cc2-3)cc1. The molecule has 0 fully saturated rings. The van der Waals surface area contributed by atoms with Gasteiger partial charge in [0.1, 0.15) is 0 Å². The van der Waals surface area contributed by atoms with Gasteiger partial charge in [-0.15, -0.1) is 0 Å². The van der Waals surface area contributed by atoms with Gasteiger partial charge in [0.15, 0.2) is 0 Å². The Bertz CT molecular complexity index is 4370. The van der Waals surface area contributed by atoms with Crippen LogP contribution in [0.5, 0.6) is 0 Å². The standard InChI is InChI=1S/C79H68N2/c1-75(2,3)51-28-33-53(34-29-51)80(56-37-40-63-59-19-11-15-23-67(59)77(7,8)71(63)46-56)55-32-27-49-44-66-65-42-39-58(48-74(65)79(73(66)45-50(49)43-55)69-25-17-13-21-61(69)62-22-14-18-26-70(62)79)81(54-35-30-52(31-36-54)76(4,5)6)57-38-41-64-60-20-12-16-24-68(60)78(9,10)72(64)47-57/h11-48H,1-10H3. The molecule has 0 heterocycles. The van der Waals surface area contributed by atoms with Gasteiger partial charge in [-0.25, -0.2) is 0 Å². The van der Waals surface area contributed by atoms with Crippen LogP contribution in [0.1, 0.15) is 125 Å². The molecule has 0 unspecified atom stereocenters. The van der Waals surface area contributed by atoms with Gasteiger partial charge in [0.05, 0.1) is 5.41 Å². The molecule has 0 aliphatic heterocycles. The molecule has 0 radical (unpaired) electrons. The van der Waals surface area contributed by atoms with Gasteiger partial charge in [0.25, 0.3) is 0 Å². The van der Waals surface area contributed by atoms with Crippen molar-refractivity contribution in [1.29, 1.82) is 0 Å². The molecule has 1 spiro atoms. The molecule has 0 saturated carbocycles. The van der Waals surface area contributed by atoms with Crippen molar-refractivity contribution in [2.45, 2.75) is 96.3 Å². The van der Waals surface area contributed by atoms with Crippen LogP contribution in [0.25, 0.3) is 55.3 Å². The summed E-state index contributed by atoms with van der Waals surface area (Å²) in [5.41, 5.74) is 30.0. The van der Waals surface area contributed by atoms with Crippen molar-refractivity contribution in [3.8, 4) is 44.5 Å². The molecule has 4 aliphatic carbocycles. The molecule has 0 atom stereocenters. The normalized spacial score (nSPS) is 15.1. The van der Waals surface area contributed by atoms with Gasteiger partial charge in [0.2, 0.25) is 0 Å². The van der Waals surface area contributed by atoms with Crippen molar-refractivity contribution in [2.24, 2.45) is 0 Å². The minimum atomic E-state index is -0.579. The molecule has 81 heavy (non-hydrogen) atoms. The number of hydrogen-bond acceptors (Lipinski definition) is 2. The summed E-state index contributed by atoms with van der Waals surface area (Å²) in [5.74, 6) is 0. The summed E-state index contributed by atoms with van der Waals surface area (Å²) in [4.78, 5) is 5.00. The maximum atomic E-state index is 2.55. The van der Waals surface area contributed by atoms with Gasteiger partial charge in [-0.2, -0.15) is 0 Å². The van der Waals surface area contributed by atoms with Crippen LogP contribution in [0.3, 0.4) is 0 Å². The average Bonchev–Trinajstić information content (AvgIpc) is 2.07. The van der Waals surface area contributed by atoms with E-state index in [4.69, 9.17) is 0 Å². The Kier molecular flexibility index (Phi) is 10.4. The Morgan fingerprint density at radius 1 is 0.247 bits per heavy atom. The molecular formula is C79H68N2. The maximum absolute atomic E-state index is 2.55. The van der Waals surface area contributed by atoms with E-state index in [2.05, 4.69) is 310 Å². The van der Waals surface area contributed by atoms with Crippen LogP contribution in [-0.4, -0.2) is 0 Å². The van der Waals surface area contributed by atoms with E-state index in [1.807, 2.05) is 0 Å². The molecule has 0 N–H and O–H groups in total. The smallest absolute Gasteiger partial charge is 0.0726 e. The lowest BCUT2D eigenvalue weighted by Gasteiger charge is -2.33. The molecule has 11 aromatic carbocycles. The molecule has 15 rings (SSSR count). The topological polar surface area (TPSA) is 6.48 Å². The van der Waals surface area contributed by atoms with Crippen molar-refractivity contribution >= 4 is 44.9 Å². The lowest BCUT2D eigenvalue weighted by molar-refractivity contribution is 0.590. The molecule has 0 aromatic heterocycles. The number of nitrogens with zero attached hydrogens (tertiary/aromatic N) is 2. The first-order valence-electron chi connectivity index (χ1n) is 29.2. The van der Waals surface area contributed by atoms with Crippen LogP contribution >= 0.6 is 0 Å². The Hall–Kier alpha value is -8.72. The molecule has 394 valence electrons. The third-order valence-electron chi connectivity index (χ3n) is 19.2. The van der Waals surface area contributed by atoms with E-state index in [-0.39, 0.29) is 21.7 Å². The van der Waals surface area contributed by atoms with Crippen LogP contribution in [0.4, 0.5) is 34.1 Å². The molecule has 2 heteroatoms. The summed E-state index contributed by atoms with van der Waals surface area (Å²) in [6.45, 7) is 23.3. The first-order chi connectivity index (χ1) is 38.9. The fraction of sp³-hybridized carbons (Fsp3) is 0.190. The zero-order valence-electron chi connectivity index (χ0n) is 48.3. The Morgan fingerprint density at radius 3 is 1.00 bits per heavy atom. The zero-order chi connectivity index (χ0) is 55.5. The van der Waals surface area contributed by atoms with E-state index in [1.54, 1.807) is 0 Å². The third-order valence-corrected chi connectivity index (χ3v) is 19.2. The van der Waals surface area contributed by atoms with E-state index < -0.39 is 5.41 Å². The van der Waals surface area contributed by atoms with E-state index in [1.165, 1.54) is 111 Å². The fourth-order valence-corrected chi connectivity index (χ4v) is 14.9. The van der Waals surface area contributed by atoms with Gasteiger partial charge < -0.3 is 9.80 Å². The molecular weight excluding hydrogens is 977 g/mol. The van der Waals surface area contributed by atoms with Gasteiger partial charge in [-0.3, -0.25) is 0 Å². The minimum Gasteiger partial charge on any atom is -0.310 e. The molecule has 2 nitrogen and oxygen atoms in total. The van der Waals surface area contributed by atoms with Crippen molar-refractivity contribution in [3.05, 3.63) is 286 Å². The van der Waals surface area contributed by atoms with E-state index in [0.29, 0.717) is 0 Å². The second-order valence-corrected chi connectivity index (χ2v) is 26.6. The predicted octanol–water partition coefficient (Wildman–Crippen LogP) is 21.3. The van der Waals surface area contributed by atoms with Gasteiger partial charge in [0, 0.05) is 45.0 Å². The Balaban J connectivity index is 0.934. The van der Waals surface area contributed by atoms with Crippen molar-refractivity contribution < 1.29 is 0 Å². The van der Waals surface area contributed by atoms with Crippen LogP contribution < -0.4 is 9.80 Å². The Morgan fingerprint density at radius 2 is 0.568 bits per heavy atom. The highest BCUT2D eigenvalue weighted by molar-refractivity contribution is 6.02. The highest BCUT2D eigenvalue weighted by Crippen LogP contribution is 2.64. The lowest BCUT2D eigenvalue weighted by atomic mass is 9.70. The van der Waals surface area contributed by atoms with Crippen LogP contribution in [0.2, 0.25) is 0 Å². The third kappa shape index (κ3) is 7.12. The number of hydrogen-bond donors (Lipinski definition) is 0.